The highest BCUT2D eigenvalue weighted by atomic mass is 16.5. The molecule has 1 fully saturated rings. The number of pyridine rings is 1. The average Bonchev–Trinajstić information content (AvgIpc) is 2.78. The lowest BCUT2D eigenvalue weighted by molar-refractivity contribution is -0.141. The molecule has 80 valence electrons. The van der Waals surface area contributed by atoms with Gasteiger partial charge >= 0.3 is 5.97 Å². The molecule has 1 saturated heterocycles. The van der Waals surface area contributed by atoms with Gasteiger partial charge in [0.15, 0.2) is 0 Å². The quantitative estimate of drug-likeness (QED) is 0.682. The molecule has 15 heavy (non-hydrogen) atoms. The summed E-state index contributed by atoms with van der Waals surface area (Å²) in [6, 6.07) is 5.55. The lowest BCUT2D eigenvalue weighted by Crippen LogP contribution is -2.37. The van der Waals surface area contributed by atoms with E-state index in [2.05, 4.69) is 4.98 Å². The van der Waals surface area contributed by atoms with E-state index in [1.807, 2.05) is 23.1 Å². The molecule has 0 amide bonds. The topological polar surface area (TPSA) is 42.4 Å². The van der Waals surface area contributed by atoms with Gasteiger partial charge in [0.2, 0.25) is 0 Å². The van der Waals surface area contributed by atoms with E-state index in [1.54, 1.807) is 6.20 Å². The van der Waals surface area contributed by atoms with Crippen LogP contribution in [0.15, 0.2) is 24.4 Å². The first kappa shape index (κ1) is 9.96. The second-order valence-electron chi connectivity index (χ2n) is 3.56. The van der Waals surface area contributed by atoms with Crippen LogP contribution in [0.2, 0.25) is 0 Å². The smallest absolute Gasteiger partial charge is 0.328 e. The molecule has 2 heterocycles. The molecule has 4 nitrogen and oxygen atoms in total. The molecule has 1 aromatic rings. The van der Waals surface area contributed by atoms with Gasteiger partial charge in [-0.05, 0) is 25.0 Å². The number of methoxy groups -OCH3 is 1. The predicted octanol–water partition coefficient (Wildman–Crippen LogP) is 1.22. The van der Waals surface area contributed by atoms with Crippen LogP contribution >= 0.6 is 0 Å². The minimum Gasteiger partial charge on any atom is -0.467 e. The summed E-state index contributed by atoms with van der Waals surface area (Å²) in [5, 5.41) is 0. The van der Waals surface area contributed by atoms with Crippen LogP contribution in [0, 0.1) is 0 Å². The van der Waals surface area contributed by atoms with Gasteiger partial charge in [0, 0.05) is 12.7 Å². The summed E-state index contributed by atoms with van der Waals surface area (Å²) in [4.78, 5) is 17.8. The van der Waals surface area contributed by atoms with Crippen molar-refractivity contribution in [1.82, 2.24) is 4.98 Å². The van der Waals surface area contributed by atoms with Crippen LogP contribution in [0.1, 0.15) is 12.8 Å². The zero-order chi connectivity index (χ0) is 10.7. The molecular weight excluding hydrogens is 192 g/mol. The third-order valence-corrected chi connectivity index (χ3v) is 2.67. The van der Waals surface area contributed by atoms with E-state index < -0.39 is 0 Å². The van der Waals surface area contributed by atoms with Gasteiger partial charge in [0.1, 0.15) is 11.9 Å². The molecule has 0 N–H and O–H groups in total. The van der Waals surface area contributed by atoms with E-state index in [1.165, 1.54) is 7.11 Å². The van der Waals surface area contributed by atoms with Gasteiger partial charge in [-0.25, -0.2) is 9.78 Å². The van der Waals surface area contributed by atoms with Crippen molar-refractivity contribution in [3.63, 3.8) is 0 Å². The van der Waals surface area contributed by atoms with Crippen molar-refractivity contribution in [1.29, 1.82) is 0 Å². The van der Waals surface area contributed by atoms with E-state index in [0.717, 1.165) is 25.2 Å². The Labute approximate surface area is 88.9 Å². The highest BCUT2D eigenvalue weighted by molar-refractivity contribution is 5.80. The van der Waals surface area contributed by atoms with Crippen molar-refractivity contribution < 1.29 is 9.53 Å². The van der Waals surface area contributed by atoms with Crippen LogP contribution < -0.4 is 4.90 Å². The van der Waals surface area contributed by atoms with Gasteiger partial charge in [-0.2, -0.15) is 0 Å². The normalized spacial score (nSPS) is 20.3. The molecule has 1 unspecified atom stereocenters. The zero-order valence-corrected chi connectivity index (χ0v) is 8.72. The van der Waals surface area contributed by atoms with Crippen LogP contribution in [0.5, 0.6) is 0 Å². The number of rotatable bonds is 2. The Kier molecular flexibility index (Phi) is 2.85. The van der Waals surface area contributed by atoms with E-state index in [4.69, 9.17) is 4.74 Å². The molecule has 0 aromatic carbocycles. The number of carbonyl (C=O) groups excluding carboxylic acids is 1. The summed E-state index contributed by atoms with van der Waals surface area (Å²) in [7, 11) is 1.43. The first-order valence-electron chi connectivity index (χ1n) is 5.08. The van der Waals surface area contributed by atoms with E-state index >= 15 is 0 Å². The summed E-state index contributed by atoms with van der Waals surface area (Å²) in [6.45, 7) is 0.872. The van der Waals surface area contributed by atoms with Gasteiger partial charge in [0.25, 0.3) is 0 Å². The first-order chi connectivity index (χ1) is 7.33. The number of hydrogen-bond acceptors (Lipinski definition) is 4. The van der Waals surface area contributed by atoms with Crippen LogP contribution in [-0.4, -0.2) is 30.6 Å². The number of anilines is 1. The Bertz CT molecular complexity index is 340. The molecule has 4 heteroatoms. The second kappa shape index (κ2) is 4.29. The average molecular weight is 206 g/mol. The summed E-state index contributed by atoms with van der Waals surface area (Å²) in [5.74, 6) is 0.684. The Balaban J connectivity index is 2.18. The number of hydrogen-bond donors (Lipinski definition) is 0. The fourth-order valence-electron chi connectivity index (χ4n) is 1.95. The molecule has 0 radical (unpaired) electrons. The number of esters is 1. The summed E-state index contributed by atoms with van der Waals surface area (Å²) < 4.78 is 4.78. The van der Waals surface area contributed by atoms with Crippen LogP contribution in [0.25, 0.3) is 0 Å². The molecular formula is C11H14N2O2. The summed E-state index contributed by atoms with van der Waals surface area (Å²) in [6.07, 6.45) is 3.60. The van der Waals surface area contributed by atoms with Crippen molar-refractivity contribution in [2.24, 2.45) is 0 Å². The van der Waals surface area contributed by atoms with Crippen molar-refractivity contribution in [3.05, 3.63) is 24.4 Å². The fourth-order valence-corrected chi connectivity index (χ4v) is 1.95. The zero-order valence-electron chi connectivity index (χ0n) is 8.72. The summed E-state index contributed by atoms with van der Waals surface area (Å²) >= 11 is 0. The van der Waals surface area contributed by atoms with Gasteiger partial charge in [-0.15, -0.1) is 0 Å². The molecule has 1 aliphatic heterocycles. The number of aromatic nitrogens is 1. The van der Waals surface area contributed by atoms with Crippen molar-refractivity contribution in [2.75, 3.05) is 18.6 Å². The maximum Gasteiger partial charge on any atom is 0.328 e. The monoisotopic (exact) mass is 206 g/mol. The predicted molar refractivity (Wildman–Crippen MR) is 56.6 cm³/mol. The molecule has 0 spiro atoms. The highest BCUT2D eigenvalue weighted by Crippen LogP contribution is 2.23. The number of nitrogens with zero attached hydrogens (tertiary/aromatic N) is 2. The van der Waals surface area contributed by atoms with Gasteiger partial charge in [0.05, 0.1) is 7.11 Å². The Morgan fingerprint density at radius 3 is 3.13 bits per heavy atom. The number of carbonyl (C=O) groups is 1. The molecule has 0 bridgehead atoms. The van der Waals surface area contributed by atoms with Gasteiger partial charge in [-0.1, -0.05) is 6.07 Å². The molecule has 2 rings (SSSR count). The van der Waals surface area contributed by atoms with Crippen molar-refractivity contribution in [2.45, 2.75) is 18.9 Å². The third-order valence-electron chi connectivity index (χ3n) is 2.67. The molecule has 1 aromatic heterocycles. The Morgan fingerprint density at radius 2 is 2.47 bits per heavy atom. The SMILES string of the molecule is COC(=O)C1CCCN1c1ccccn1. The van der Waals surface area contributed by atoms with Crippen molar-refractivity contribution in [3.8, 4) is 0 Å². The largest absolute Gasteiger partial charge is 0.467 e. The highest BCUT2D eigenvalue weighted by Gasteiger charge is 2.32. The maximum absolute atomic E-state index is 11.5. The third kappa shape index (κ3) is 1.93. The lowest BCUT2D eigenvalue weighted by atomic mass is 10.2. The van der Waals surface area contributed by atoms with Crippen molar-refractivity contribution >= 4 is 11.8 Å². The van der Waals surface area contributed by atoms with E-state index in [0.29, 0.717) is 0 Å². The minimum absolute atomic E-state index is 0.162. The minimum atomic E-state index is -0.168. The van der Waals surface area contributed by atoms with E-state index in [-0.39, 0.29) is 12.0 Å². The molecule has 0 saturated carbocycles. The Hall–Kier alpha value is -1.58. The number of ether oxygens (including phenoxy) is 1. The van der Waals surface area contributed by atoms with Gasteiger partial charge < -0.3 is 9.64 Å². The standard InChI is InChI=1S/C11H14N2O2/c1-15-11(14)9-5-4-8-13(9)10-6-2-3-7-12-10/h2-3,6-7,9H,4-5,8H2,1H3. The van der Waals surface area contributed by atoms with E-state index in [9.17, 15) is 4.79 Å². The van der Waals surface area contributed by atoms with Gasteiger partial charge in [-0.3, -0.25) is 0 Å². The van der Waals surface area contributed by atoms with Crippen LogP contribution in [0.3, 0.4) is 0 Å². The molecule has 1 aliphatic rings. The first-order valence-corrected chi connectivity index (χ1v) is 5.08. The van der Waals surface area contributed by atoms with Crippen LogP contribution in [0.4, 0.5) is 5.82 Å². The van der Waals surface area contributed by atoms with Crippen LogP contribution in [-0.2, 0) is 9.53 Å². The fraction of sp³-hybridized carbons (Fsp3) is 0.455. The second-order valence-corrected chi connectivity index (χ2v) is 3.56. The molecule has 1 atom stereocenters. The maximum atomic E-state index is 11.5. The lowest BCUT2D eigenvalue weighted by Gasteiger charge is -2.23. The molecule has 0 aliphatic carbocycles. The summed E-state index contributed by atoms with van der Waals surface area (Å²) in [5.41, 5.74) is 0. The Morgan fingerprint density at radius 1 is 1.60 bits per heavy atom.